The van der Waals surface area contributed by atoms with Gasteiger partial charge in [0.1, 0.15) is 5.82 Å². The largest absolute Gasteiger partial charge is 0.384 e. The molecule has 0 aliphatic rings. The molecule has 1 amide bonds. The van der Waals surface area contributed by atoms with E-state index in [1.807, 2.05) is 19.9 Å². The molecule has 0 spiro atoms. The summed E-state index contributed by atoms with van der Waals surface area (Å²) in [4.78, 5) is 16.3. The molecular formula is C15H16ClN3O. The van der Waals surface area contributed by atoms with Gasteiger partial charge in [-0.1, -0.05) is 11.6 Å². The number of rotatable bonds is 3. The van der Waals surface area contributed by atoms with E-state index in [1.165, 1.54) is 0 Å². The number of aromatic nitrogens is 1. The van der Waals surface area contributed by atoms with Gasteiger partial charge in [0.15, 0.2) is 0 Å². The molecule has 1 atom stereocenters. The first-order valence-corrected chi connectivity index (χ1v) is 6.64. The lowest BCUT2D eigenvalue weighted by Crippen LogP contribution is -2.27. The van der Waals surface area contributed by atoms with Crippen molar-refractivity contribution >= 4 is 23.3 Å². The van der Waals surface area contributed by atoms with Crippen LogP contribution in [0.5, 0.6) is 0 Å². The Morgan fingerprint density at radius 3 is 2.55 bits per heavy atom. The number of carbonyl (C=O) groups is 1. The maximum absolute atomic E-state index is 12.1. The third-order valence-corrected chi connectivity index (χ3v) is 3.16. The second-order valence-electron chi connectivity index (χ2n) is 4.70. The summed E-state index contributed by atoms with van der Waals surface area (Å²) in [5, 5.41) is 3.49. The van der Waals surface area contributed by atoms with Gasteiger partial charge in [-0.25, -0.2) is 4.98 Å². The monoisotopic (exact) mass is 289 g/mol. The number of anilines is 1. The number of carbonyl (C=O) groups excluding carboxylic acids is 1. The van der Waals surface area contributed by atoms with E-state index < -0.39 is 0 Å². The van der Waals surface area contributed by atoms with Crippen molar-refractivity contribution in [3.05, 3.63) is 58.2 Å². The maximum Gasteiger partial charge on any atom is 0.251 e. The van der Waals surface area contributed by atoms with E-state index in [0.717, 1.165) is 11.3 Å². The first kappa shape index (κ1) is 14.3. The van der Waals surface area contributed by atoms with Crippen molar-refractivity contribution in [1.29, 1.82) is 0 Å². The normalized spacial score (nSPS) is 11.9. The molecule has 0 bridgehead atoms. The number of aryl methyl sites for hydroxylation is 1. The lowest BCUT2D eigenvalue weighted by atomic mass is 10.1. The maximum atomic E-state index is 12.1. The van der Waals surface area contributed by atoms with Crippen LogP contribution >= 0.6 is 11.6 Å². The van der Waals surface area contributed by atoms with Gasteiger partial charge in [-0.05, 0) is 55.8 Å². The summed E-state index contributed by atoms with van der Waals surface area (Å²) < 4.78 is 0. The molecule has 3 N–H and O–H groups in total. The van der Waals surface area contributed by atoms with Gasteiger partial charge in [0.05, 0.1) is 11.7 Å². The molecule has 104 valence electrons. The summed E-state index contributed by atoms with van der Waals surface area (Å²) in [6.45, 7) is 3.81. The van der Waals surface area contributed by atoms with E-state index in [9.17, 15) is 4.79 Å². The van der Waals surface area contributed by atoms with E-state index >= 15 is 0 Å². The highest BCUT2D eigenvalue weighted by molar-refractivity contribution is 6.30. The number of hydrogen-bond donors (Lipinski definition) is 2. The van der Waals surface area contributed by atoms with Crippen LogP contribution in [0, 0.1) is 6.92 Å². The summed E-state index contributed by atoms with van der Waals surface area (Å²) in [5.41, 5.74) is 8.03. The number of nitrogen functional groups attached to an aromatic ring is 1. The van der Waals surface area contributed by atoms with Gasteiger partial charge in [-0.15, -0.1) is 0 Å². The number of amides is 1. The smallest absolute Gasteiger partial charge is 0.251 e. The van der Waals surface area contributed by atoms with Crippen LogP contribution in [0.25, 0.3) is 0 Å². The summed E-state index contributed by atoms with van der Waals surface area (Å²) in [5.74, 6) is 0.281. The molecule has 20 heavy (non-hydrogen) atoms. The Balaban J connectivity index is 2.12. The Bertz CT molecular complexity index is 605. The molecule has 0 radical (unpaired) electrons. The molecular weight excluding hydrogens is 274 g/mol. The van der Waals surface area contributed by atoms with E-state index in [1.54, 1.807) is 30.3 Å². The molecule has 1 aromatic carbocycles. The van der Waals surface area contributed by atoms with Crippen molar-refractivity contribution in [1.82, 2.24) is 10.3 Å². The molecule has 4 nitrogen and oxygen atoms in total. The van der Waals surface area contributed by atoms with Gasteiger partial charge in [-0.2, -0.15) is 0 Å². The van der Waals surface area contributed by atoms with Crippen LogP contribution in [0.15, 0.2) is 36.4 Å². The number of hydrogen-bond acceptors (Lipinski definition) is 3. The average Bonchev–Trinajstić information content (AvgIpc) is 2.38. The van der Waals surface area contributed by atoms with E-state index in [-0.39, 0.29) is 11.9 Å². The number of halogens is 1. The third-order valence-electron chi connectivity index (χ3n) is 2.91. The number of nitrogens with one attached hydrogen (secondary N) is 1. The van der Waals surface area contributed by atoms with Crippen molar-refractivity contribution in [2.24, 2.45) is 0 Å². The van der Waals surface area contributed by atoms with Crippen LogP contribution < -0.4 is 11.1 Å². The zero-order chi connectivity index (χ0) is 14.7. The minimum absolute atomic E-state index is 0.170. The van der Waals surface area contributed by atoms with Crippen molar-refractivity contribution in [2.45, 2.75) is 19.9 Å². The zero-order valence-corrected chi connectivity index (χ0v) is 12.1. The van der Waals surface area contributed by atoms with Crippen molar-refractivity contribution in [3.8, 4) is 0 Å². The number of pyridine rings is 1. The minimum Gasteiger partial charge on any atom is -0.384 e. The van der Waals surface area contributed by atoms with Crippen LogP contribution in [0.4, 0.5) is 5.82 Å². The average molecular weight is 290 g/mol. The minimum atomic E-state index is -0.222. The highest BCUT2D eigenvalue weighted by atomic mass is 35.5. The summed E-state index contributed by atoms with van der Waals surface area (Å²) in [6.07, 6.45) is 0. The molecule has 5 heteroatoms. The summed E-state index contributed by atoms with van der Waals surface area (Å²) in [7, 11) is 0. The molecule has 2 aromatic rings. The van der Waals surface area contributed by atoms with Crippen LogP contribution in [0.3, 0.4) is 0 Å². The molecule has 0 saturated heterocycles. The molecule has 1 unspecified atom stereocenters. The van der Waals surface area contributed by atoms with Crippen molar-refractivity contribution in [3.63, 3.8) is 0 Å². The fourth-order valence-electron chi connectivity index (χ4n) is 1.90. The van der Waals surface area contributed by atoms with Gasteiger partial charge in [0, 0.05) is 10.6 Å². The Hall–Kier alpha value is -2.07. The highest BCUT2D eigenvalue weighted by Crippen LogP contribution is 2.15. The second kappa shape index (κ2) is 5.92. The quantitative estimate of drug-likeness (QED) is 0.912. The van der Waals surface area contributed by atoms with E-state index in [2.05, 4.69) is 10.3 Å². The summed E-state index contributed by atoms with van der Waals surface area (Å²) >= 11 is 5.80. The lowest BCUT2D eigenvalue weighted by molar-refractivity contribution is 0.0939. The molecule has 1 aromatic heterocycles. The predicted molar refractivity (Wildman–Crippen MR) is 80.7 cm³/mol. The van der Waals surface area contributed by atoms with Gasteiger partial charge in [-0.3, -0.25) is 4.79 Å². The van der Waals surface area contributed by atoms with Crippen LogP contribution in [0.2, 0.25) is 5.02 Å². The van der Waals surface area contributed by atoms with Gasteiger partial charge >= 0.3 is 0 Å². The van der Waals surface area contributed by atoms with E-state index in [0.29, 0.717) is 16.4 Å². The second-order valence-corrected chi connectivity index (χ2v) is 5.13. The molecule has 0 aliphatic carbocycles. The molecule has 2 rings (SSSR count). The number of benzene rings is 1. The first-order chi connectivity index (χ1) is 9.45. The Morgan fingerprint density at radius 1 is 1.30 bits per heavy atom. The fourth-order valence-corrected chi connectivity index (χ4v) is 2.02. The van der Waals surface area contributed by atoms with Gasteiger partial charge < -0.3 is 11.1 Å². The highest BCUT2D eigenvalue weighted by Gasteiger charge is 2.13. The fraction of sp³-hybridized carbons (Fsp3) is 0.200. The molecule has 1 heterocycles. The van der Waals surface area contributed by atoms with Crippen molar-refractivity contribution in [2.75, 3.05) is 5.73 Å². The van der Waals surface area contributed by atoms with Crippen LogP contribution in [0.1, 0.15) is 34.6 Å². The Kier molecular flexibility index (Phi) is 4.25. The Morgan fingerprint density at radius 2 is 1.95 bits per heavy atom. The Labute approximate surface area is 123 Å². The molecule has 0 aliphatic heterocycles. The van der Waals surface area contributed by atoms with E-state index in [4.69, 9.17) is 17.3 Å². The van der Waals surface area contributed by atoms with Gasteiger partial charge in [0.25, 0.3) is 5.91 Å². The zero-order valence-electron chi connectivity index (χ0n) is 11.4. The molecule has 0 fully saturated rings. The molecule has 0 saturated carbocycles. The SMILES string of the molecule is Cc1cc(N)nc(C(C)NC(=O)c2ccc(Cl)cc2)c1. The summed E-state index contributed by atoms with van der Waals surface area (Å²) in [6, 6.07) is 10.2. The van der Waals surface area contributed by atoms with Crippen LogP contribution in [-0.2, 0) is 0 Å². The number of nitrogens with two attached hydrogens (primary N) is 1. The van der Waals surface area contributed by atoms with Crippen LogP contribution in [-0.4, -0.2) is 10.9 Å². The number of nitrogens with zero attached hydrogens (tertiary/aromatic N) is 1. The lowest BCUT2D eigenvalue weighted by Gasteiger charge is -2.14. The van der Waals surface area contributed by atoms with Crippen molar-refractivity contribution < 1.29 is 4.79 Å². The first-order valence-electron chi connectivity index (χ1n) is 6.26. The van der Waals surface area contributed by atoms with Gasteiger partial charge in [0.2, 0.25) is 0 Å². The third kappa shape index (κ3) is 3.48. The predicted octanol–water partition coefficient (Wildman–Crippen LogP) is 3.12. The topological polar surface area (TPSA) is 68.0 Å². The standard InChI is InChI=1S/C15H16ClN3O/c1-9-7-13(19-14(17)8-9)10(2)18-15(20)11-3-5-12(16)6-4-11/h3-8,10H,1-2H3,(H2,17,19)(H,18,20).